The van der Waals surface area contributed by atoms with Crippen LogP contribution in [0, 0.1) is 10.1 Å². The Balaban J connectivity index is 2.24. The second-order valence-corrected chi connectivity index (χ2v) is 4.49. The maximum Gasteiger partial charge on any atom is 0.271 e. The van der Waals surface area contributed by atoms with Crippen LogP contribution < -0.4 is 10.6 Å². The molecule has 0 fully saturated rings. The summed E-state index contributed by atoms with van der Waals surface area (Å²) < 4.78 is 0. The topological polar surface area (TPSA) is 101 Å². The molecular weight excluding hydrogens is 286 g/mol. The molecule has 2 aromatic carbocycles. The van der Waals surface area contributed by atoms with Crippen molar-refractivity contribution in [3.8, 4) is 0 Å². The van der Waals surface area contributed by atoms with Crippen molar-refractivity contribution in [3.63, 3.8) is 0 Å². The van der Waals surface area contributed by atoms with Gasteiger partial charge in [0.25, 0.3) is 11.6 Å². The largest absolute Gasteiger partial charge is 0.326 e. The standard InChI is InChI=1S/C15H13N3O4/c1-10(19)16-14-8-3-2-7-13(14)15(20)17-11-5-4-6-12(9-11)18(21)22/h2-9H,1H3,(H,16,19)(H,17,20). The molecule has 2 amide bonds. The molecule has 0 atom stereocenters. The Hall–Kier alpha value is -3.22. The van der Waals surface area contributed by atoms with Gasteiger partial charge in [-0.1, -0.05) is 18.2 Å². The molecule has 2 aromatic rings. The Kier molecular flexibility index (Phi) is 4.47. The maximum absolute atomic E-state index is 12.3. The van der Waals surface area contributed by atoms with Crippen LogP contribution in [-0.2, 0) is 4.79 Å². The van der Waals surface area contributed by atoms with Crippen molar-refractivity contribution >= 4 is 28.9 Å². The van der Waals surface area contributed by atoms with Gasteiger partial charge in [-0.05, 0) is 18.2 Å². The van der Waals surface area contributed by atoms with E-state index in [4.69, 9.17) is 0 Å². The molecule has 7 heteroatoms. The zero-order valence-corrected chi connectivity index (χ0v) is 11.7. The van der Waals surface area contributed by atoms with Crippen LogP contribution in [0.5, 0.6) is 0 Å². The first kappa shape index (κ1) is 15.2. The number of non-ortho nitro benzene ring substituents is 1. The van der Waals surface area contributed by atoms with Gasteiger partial charge in [0.1, 0.15) is 0 Å². The highest BCUT2D eigenvalue weighted by Gasteiger charge is 2.13. The third-order valence-electron chi connectivity index (χ3n) is 2.80. The minimum Gasteiger partial charge on any atom is -0.326 e. The molecule has 2 N–H and O–H groups in total. The molecule has 0 aliphatic carbocycles. The monoisotopic (exact) mass is 299 g/mol. The number of hydrogen-bond donors (Lipinski definition) is 2. The Morgan fingerprint density at radius 3 is 2.45 bits per heavy atom. The summed E-state index contributed by atoms with van der Waals surface area (Å²) in [6.45, 7) is 1.34. The number of nitrogens with zero attached hydrogens (tertiary/aromatic N) is 1. The van der Waals surface area contributed by atoms with E-state index in [9.17, 15) is 19.7 Å². The van der Waals surface area contributed by atoms with Gasteiger partial charge in [-0.25, -0.2) is 0 Å². The third-order valence-corrected chi connectivity index (χ3v) is 2.80. The van der Waals surface area contributed by atoms with E-state index in [1.807, 2.05) is 0 Å². The fraction of sp³-hybridized carbons (Fsp3) is 0.0667. The number of benzene rings is 2. The number of nitro benzene ring substituents is 1. The molecular formula is C15H13N3O4. The smallest absolute Gasteiger partial charge is 0.271 e. The molecule has 7 nitrogen and oxygen atoms in total. The van der Waals surface area contributed by atoms with E-state index in [1.165, 1.54) is 25.1 Å². The first-order valence-corrected chi connectivity index (χ1v) is 6.40. The summed E-state index contributed by atoms with van der Waals surface area (Å²) >= 11 is 0. The van der Waals surface area contributed by atoms with Gasteiger partial charge in [0, 0.05) is 24.7 Å². The predicted molar refractivity (Wildman–Crippen MR) is 81.8 cm³/mol. The van der Waals surface area contributed by atoms with Gasteiger partial charge in [0.15, 0.2) is 0 Å². The number of para-hydroxylation sites is 1. The molecule has 0 spiro atoms. The predicted octanol–water partition coefficient (Wildman–Crippen LogP) is 2.81. The molecule has 0 heterocycles. The van der Waals surface area contributed by atoms with Gasteiger partial charge in [-0.3, -0.25) is 19.7 Å². The van der Waals surface area contributed by atoms with Crippen LogP contribution in [0.3, 0.4) is 0 Å². The summed E-state index contributed by atoms with van der Waals surface area (Å²) in [6, 6.07) is 12.1. The van der Waals surface area contributed by atoms with E-state index in [0.29, 0.717) is 11.4 Å². The minimum atomic E-state index is -0.541. The summed E-state index contributed by atoms with van der Waals surface area (Å²) in [5.74, 6) is -0.763. The number of carbonyl (C=O) groups is 2. The van der Waals surface area contributed by atoms with Crippen molar-refractivity contribution in [2.75, 3.05) is 10.6 Å². The van der Waals surface area contributed by atoms with Gasteiger partial charge >= 0.3 is 0 Å². The summed E-state index contributed by atoms with van der Waals surface area (Å²) in [6.07, 6.45) is 0. The van der Waals surface area contributed by atoms with E-state index in [0.717, 1.165) is 0 Å². The molecule has 0 unspecified atom stereocenters. The van der Waals surface area contributed by atoms with Crippen molar-refractivity contribution in [1.82, 2.24) is 0 Å². The number of amides is 2. The van der Waals surface area contributed by atoms with Crippen LogP contribution >= 0.6 is 0 Å². The summed E-state index contributed by atoms with van der Waals surface area (Å²) in [5.41, 5.74) is 0.826. The average Bonchev–Trinajstić information content (AvgIpc) is 2.47. The Bertz CT molecular complexity index is 743. The molecule has 0 aliphatic rings. The number of anilines is 2. The maximum atomic E-state index is 12.3. The van der Waals surface area contributed by atoms with E-state index in [1.54, 1.807) is 30.3 Å². The fourth-order valence-corrected chi connectivity index (χ4v) is 1.88. The molecule has 0 saturated carbocycles. The summed E-state index contributed by atoms with van der Waals surface area (Å²) in [7, 11) is 0. The molecule has 0 aliphatic heterocycles. The molecule has 112 valence electrons. The average molecular weight is 299 g/mol. The SMILES string of the molecule is CC(=O)Nc1ccccc1C(=O)Nc1cccc([N+](=O)[O-])c1. The zero-order valence-electron chi connectivity index (χ0n) is 11.7. The van der Waals surface area contributed by atoms with E-state index in [2.05, 4.69) is 10.6 Å². The lowest BCUT2D eigenvalue weighted by atomic mass is 10.1. The van der Waals surface area contributed by atoms with Crippen molar-refractivity contribution in [3.05, 3.63) is 64.2 Å². The number of rotatable bonds is 4. The van der Waals surface area contributed by atoms with E-state index in [-0.39, 0.29) is 17.2 Å². The number of nitrogens with one attached hydrogen (secondary N) is 2. The second-order valence-electron chi connectivity index (χ2n) is 4.49. The normalized spacial score (nSPS) is 9.86. The van der Waals surface area contributed by atoms with Crippen molar-refractivity contribution in [2.24, 2.45) is 0 Å². The van der Waals surface area contributed by atoms with E-state index < -0.39 is 10.8 Å². The van der Waals surface area contributed by atoms with Gasteiger partial charge in [-0.2, -0.15) is 0 Å². The Morgan fingerprint density at radius 2 is 1.77 bits per heavy atom. The number of hydrogen-bond acceptors (Lipinski definition) is 4. The number of carbonyl (C=O) groups excluding carboxylic acids is 2. The molecule has 2 rings (SSSR count). The summed E-state index contributed by atoms with van der Waals surface area (Å²) in [4.78, 5) is 33.6. The van der Waals surface area contributed by atoms with Crippen LogP contribution in [0.4, 0.5) is 17.1 Å². The molecule has 0 radical (unpaired) electrons. The molecule has 22 heavy (non-hydrogen) atoms. The fourth-order valence-electron chi connectivity index (χ4n) is 1.88. The quantitative estimate of drug-likeness (QED) is 0.669. The van der Waals surface area contributed by atoms with E-state index >= 15 is 0 Å². The highest BCUT2D eigenvalue weighted by Crippen LogP contribution is 2.20. The first-order valence-electron chi connectivity index (χ1n) is 6.40. The Morgan fingerprint density at radius 1 is 1.05 bits per heavy atom. The lowest BCUT2D eigenvalue weighted by Crippen LogP contribution is -2.16. The molecule has 0 bridgehead atoms. The lowest BCUT2D eigenvalue weighted by molar-refractivity contribution is -0.384. The van der Waals surface area contributed by atoms with Crippen molar-refractivity contribution < 1.29 is 14.5 Å². The van der Waals surface area contributed by atoms with Crippen LogP contribution in [0.1, 0.15) is 17.3 Å². The molecule has 0 saturated heterocycles. The van der Waals surface area contributed by atoms with Crippen LogP contribution in [-0.4, -0.2) is 16.7 Å². The summed E-state index contributed by atoms with van der Waals surface area (Å²) in [5, 5.41) is 15.9. The highest BCUT2D eigenvalue weighted by atomic mass is 16.6. The first-order chi connectivity index (χ1) is 10.5. The van der Waals surface area contributed by atoms with Gasteiger partial charge in [0.05, 0.1) is 16.2 Å². The minimum absolute atomic E-state index is 0.118. The van der Waals surface area contributed by atoms with Gasteiger partial charge in [0.2, 0.25) is 5.91 Å². The molecule has 0 aromatic heterocycles. The zero-order chi connectivity index (χ0) is 16.1. The van der Waals surface area contributed by atoms with Crippen LogP contribution in [0.25, 0.3) is 0 Å². The van der Waals surface area contributed by atoms with Gasteiger partial charge in [-0.15, -0.1) is 0 Å². The van der Waals surface area contributed by atoms with Crippen molar-refractivity contribution in [2.45, 2.75) is 6.92 Å². The second kappa shape index (κ2) is 6.49. The van der Waals surface area contributed by atoms with Crippen LogP contribution in [0.15, 0.2) is 48.5 Å². The third kappa shape index (κ3) is 3.66. The highest BCUT2D eigenvalue weighted by molar-refractivity contribution is 6.10. The lowest BCUT2D eigenvalue weighted by Gasteiger charge is -2.10. The number of nitro groups is 1. The Labute approximate surface area is 126 Å². The van der Waals surface area contributed by atoms with Crippen LogP contribution in [0.2, 0.25) is 0 Å². The van der Waals surface area contributed by atoms with Crippen molar-refractivity contribution in [1.29, 1.82) is 0 Å². The van der Waals surface area contributed by atoms with Gasteiger partial charge < -0.3 is 10.6 Å².